The van der Waals surface area contributed by atoms with Gasteiger partial charge in [-0.15, -0.1) is 0 Å². The molecule has 0 bridgehead atoms. The van der Waals surface area contributed by atoms with Crippen molar-refractivity contribution in [3.8, 4) is 0 Å². The Morgan fingerprint density at radius 1 is 1.47 bits per heavy atom. The Labute approximate surface area is 101 Å². The maximum atomic E-state index is 11.6. The second-order valence-corrected chi connectivity index (χ2v) is 3.85. The summed E-state index contributed by atoms with van der Waals surface area (Å²) in [5, 5.41) is 20.0. The fraction of sp³-hybridized carbons (Fsp3) is 0.636. The van der Waals surface area contributed by atoms with Crippen LogP contribution < -0.4 is 5.32 Å². The van der Waals surface area contributed by atoms with Gasteiger partial charge in [-0.3, -0.25) is 0 Å². The molecule has 6 nitrogen and oxygen atoms in total. The number of amides is 2. The third kappa shape index (κ3) is 6.57. The summed E-state index contributed by atoms with van der Waals surface area (Å²) in [6.45, 7) is 8.51. The molecule has 3 N–H and O–H groups in total. The number of aliphatic hydroxyl groups excluding tert-OH is 1. The van der Waals surface area contributed by atoms with Gasteiger partial charge < -0.3 is 20.4 Å². The van der Waals surface area contributed by atoms with Gasteiger partial charge in [0.15, 0.2) is 6.10 Å². The minimum Gasteiger partial charge on any atom is -0.479 e. The van der Waals surface area contributed by atoms with E-state index in [-0.39, 0.29) is 19.0 Å². The lowest BCUT2D eigenvalue weighted by Gasteiger charge is -2.21. The van der Waals surface area contributed by atoms with Gasteiger partial charge in [-0.2, -0.15) is 0 Å². The quantitative estimate of drug-likeness (QED) is 0.566. The Balaban J connectivity index is 3.98. The van der Waals surface area contributed by atoms with E-state index in [2.05, 4.69) is 11.9 Å². The summed E-state index contributed by atoms with van der Waals surface area (Å²) in [6.07, 6.45) is -1.45. The second kappa shape index (κ2) is 7.67. The van der Waals surface area contributed by atoms with Gasteiger partial charge in [0.2, 0.25) is 0 Å². The fourth-order valence-electron chi connectivity index (χ4n) is 1.20. The Bertz CT molecular complexity index is 291. The van der Waals surface area contributed by atoms with Gasteiger partial charge in [0.1, 0.15) is 0 Å². The predicted molar refractivity (Wildman–Crippen MR) is 63.7 cm³/mol. The highest BCUT2D eigenvalue weighted by atomic mass is 16.4. The van der Waals surface area contributed by atoms with E-state index in [1.165, 1.54) is 0 Å². The first kappa shape index (κ1) is 15.4. The Hall–Kier alpha value is -1.56. The van der Waals surface area contributed by atoms with Crippen LogP contribution in [0.1, 0.15) is 20.3 Å². The molecule has 17 heavy (non-hydrogen) atoms. The minimum absolute atomic E-state index is 0.00824. The zero-order chi connectivity index (χ0) is 13.4. The van der Waals surface area contributed by atoms with Crippen LogP contribution in [-0.4, -0.2) is 52.9 Å². The molecular formula is C11H20N2O4. The second-order valence-electron chi connectivity index (χ2n) is 3.85. The van der Waals surface area contributed by atoms with Crippen LogP contribution in [0.4, 0.5) is 4.79 Å². The zero-order valence-corrected chi connectivity index (χ0v) is 10.3. The number of urea groups is 1. The van der Waals surface area contributed by atoms with Gasteiger partial charge in [0.05, 0.1) is 0 Å². The maximum Gasteiger partial charge on any atom is 0.332 e. The Morgan fingerprint density at radius 2 is 2.06 bits per heavy atom. The summed E-state index contributed by atoms with van der Waals surface area (Å²) < 4.78 is 0. The number of hydrogen-bond acceptors (Lipinski definition) is 3. The van der Waals surface area contributed by atoms with E-state index in [1.54, 1.807) is 4.90 Å². The van der Waals surface area contributed by atoms with Gasteiger partial charge in [0.25, 0.3) is 0 Å². The van der Waals surface area contributed by atoms with Crippen LogP contribution >= 0.6 is 0 Å². The van der Waals surface area contributed by atoms with Crippen LogP contribution in [-0.2, 0) is 4.79 Å². The van der Waals surface area contributed by atoms with Crippen LogP contribution in [0.3, 0.4) is 0 Å². The van der Waals surface area contributed by atoms with E-state index in [1.807, 2.05) is 13.8 Å². The topological polar surface area (TPSA) is 89.9 Å². The molecule has 0 aliphatic heterocycles. The molecular weight excluding hydrogens is 224 g/mol. The van der Waals surface area contributed by atoms with Crippen molar-refractivity contribution in [2.24, 2.45) is 0 Å². The highest BCUT2D eigenvalue weighted by molar-refractivity contribution is 5.75. The standard InChI is InChI=1S/C11H20N2O4/c1-4-13(7-8(2)3)11(17)12-6-5-9(14)10(15)16/h9,14H,2,4-7H2,1,3H3,(H,12,17)(H,15,16)/t9-/m0/s1. The highest BCUT2D eigenvalue weighted by Crippen LogP contribution is 1.97. The molecule has 0 saturated carbocycles. The van der Waals surface area contributed by atoms with Crippen molar-refractivity contribution in [2.75, 3.05) is 19.6 Å². The average Bonchev–Trinajstić information content (AvgIpc) is 2.24. The van der Waals surface area contributed by atoms with E-state index < -0.39 is 12.1 Å². The first-order valence-electron chi connectivity index (χ1n) is 5.46. The molecule has 6 heteroatoms. The number of hydrogen-bond donors (Lipinski definition) is 3. The van der Waals surface area contributed by atoms with Crippen molar-refractivity contribution in [2.45, 2.75) is 26.4 Å². The lowest BCUT2D eigenvalue weighted by atomic mass is 10.2. The molecule has 2 amide bonds. The highest BCUT2D eigenvalue weighted by Gasteiger charge is 2.15. The van der Waals surface area contributed by atoms with Gasteiger partial charge in [-0.25, -0.2) is 9.59 Å². The Kier molecular flexibility index (Phi) is 6.97. The zero-order valence-electron chi connectivity index (χ0n) is 10.3. The fourth-order valence-corrected chi connectivity index (χ4v) is 1.20. The van der Waals surface area contributed by atoms with Crippen molar-refractivity contribution in [3.63, 3.8) is 0 Å². The summed E-state index contributed by atoms with van der Waals surface area (Å²) in [5.41, 5.74) is 0.868. The molecule has 0 heterocycles. The van der Waals surface area contributed by atoms with E-state index in [0.717, 1.165) is 5.57 Å². The molecule has 0 rings (SSSR count). The normalized spacial score (nSPS) is 11.7. The van der Waals surface area contributed by atoms with Crippen molar-refractivity contribution in [3.05, 3.63) is 12.2 Å². The monoisotopic (exact) mass is 244 g/mol. The van der Waals surface area contributed by atoms with Gasteiger partial charge >= 0.3 is 12.0 Å². The summed E-state index contributed by atoms with van der Waals surface area (Å²) >= 11 is 0. The number of carbonyl (C=O) groups is 2. The molecule has 0 unspecified atom stereocenters. The Morgan fingerprint density at radius 3 is 2.47 bits per heavy atom. The molecule has 0 aromatic carbocycles. The number of carboxylic acid groups (broad SMARTS) is 1. The molecule has 0 aromatic heterocycles. The van der Waals surface area contributed by atoms with Crippen molar-refractivity contribution in [1.29, 1.82) is 0 Å². The largest absolute Gasteiger partial charge is 0.479 e. The number of rotatable bonds is 7. The molecule has 1 atom stereocenters. The molecule has 0 aliphatic carbocycles. The lowest BCUT2D eigenvalue weighted by Crippen LogP contribution is -2.42. The van der Waals surface area contributed by atoms with E-state index >= 15 is 0 Å². The number of aliphatic hydroxyl groups is 1. The lowest BCUT2D eigenvalue weighted by molar-refractivity contribution is -0.146. The predicted octanol–water partition coefficient (Wildman–Crippen LogP) is 0.430. The first-order chi connectivity index (χ1) is 7.88. The summed E-state index contributed by atoms with van der Waals surface area (Å²) in [6, 6.07) is -0.284. The molecule has 0 spiro atoms. The average molecular weight is 244 g/mol. The number of likely N-dealkylation sites (N-methyl/N-ethyl adjacent to an activating group) is 1. The number of nitrogens with zero attached hydrogens (tertiary/aromatic N) is 1. The minimum atomic E-state index is -1.44. The van der Waals surface area contributed by atoms with Gasteiger partial charge in [0, 0.05) is 26.1 Å². The van der Waals surface area contributed by atoms with Crippen LogP contribution in [0, 0.1) is 0 Å². The van der Waals surface area contributed by atoms with E-state index in [4.69, 9.17) is 10.2 Å². The summed E-state index contributed by atoms with van der Waals surface area (Å²) in [5.74, 6) is -1.28. The van der Waals surface area contributed by atoms with Crippen LogP contribution in [0.5, 0.6) is 0 Å². The van der Waals surface area contributed by atoms with Gasteiger partial charge in [-0.05, 0) is 13.8 Å². The van der Waals surface area contributed by atoms with Crippen molar-refractivity contribution in [1.82, 2.24) is 10.2 Å². The molecule has 0 radical (unpaired) electrons. The summed E-state index contributed by atoms with van der Waals surface area (Å²) in [7, 11) is 0. The number of carboxylic acids is 1. The molecule has 98 valence electrons. The SMILES string of the molecule is C=C(C)CN(CC)C(=O)NCC[C@H](O)C(=O)O. The molecule has 0 aromatic rings. The smallest absolute Gasteiger partial charge is 0.332 e. The molecule has 0 fully saturated rings. The van der Waals surface area contributed by atoms with E-state index in [9.17, 15) is 9.59 Å². The first-order valence-corrected chi connectivity index (χ1v) is 5.46. The molecule has 0 aliphatic rings. The molecule has 0 saturated heterocycles. The third-order valence-corrected chi connectivity index (χ3v) is 2.11. The van der Waals surface area contributed by atoms with Crippen LogP contribution in [0.25, 0.3) is 0 Å². The van der Waals surface area contributed by atoms with E-state index in [0.29, 0.717) is 13.1 Å². The van der Waals surface area contributed by atoms with Crippen molar-refractivity contribution >= 4 is 12.0 Å². The third-order valence-electron chi connectivity index (χ3n) is 2.11. The van der Waals surface area contributed by atoms with Crippen LogP contribution in [0.2, 0.25) is 0 Å². The number of carbonyl (C=O) groups excluding carboxylic acids is 1. The maximum absolute atomic E-state index is 11.6. The van der Waals surface area contributed by atoms with Gasteiger partial charge in [-0.1, -0.05) is 12.2 Å². The number of nitrogens with one attached hydrogen (secondary N) is 1. The van der Waals surface area contributed by atoms with Crippen LogP contribution in [0.15, 0.2) is 12.2 Å². The summed E-state index contributed by atoms with van der Waals surface area (Å²) in [4.78, 5) is 23.5. The van der Waals surface area contributed by atoms with Crippen molar-refractivity contribution < 1.29 is 19.8 Å². The number of aliphatic carboxylic acids is 1.